The highest BCUT2D eigenvalue weighted by atomic mass is 16.6. The Bertz CT molecular complexity index is 576. The zero-order valence-electron chi connectivity index (χ0n) is 15.6. The van der Waals surface area contributed by atoms with Crippen molar-refractivity contribution in [1.82, 2.24) is 0 Å². The fourth-order valence-electron chi connectivity index (χ4n) is 3.87. The van der Waals surface area contributed by atoms with Crippen molar-refractivity contribution < 1.29 is 34.1 Å². The van der Waals surface area contributed by atoms with Gasteiger partial charge >= 0.3 is 11.9 Å². The van der Waals surface area contributed by atoms with Gasteiger partial charge in [-0.3, -0.25) is 9.59 Å². The van der Waals surface area contributed by atoms with Crippen LogP contribution in [0.15, 0.2) is 0 Å². The van der Waals surface area contributed by atoms with Gasteiger partial charge in [0.05, 0.1) is 11.8 Å². The highest BCUT2D eigenvalue weighted by molar-refractivity contribution is 5.96. The van der Waals surface area contributed by atoms with Crippen LogP contribution < -0.4 is 10.2 Å². The number of carboxylic acid groups (broad SMARTS) is 2. The SMILES string of the molecule is CCC(C)(C)C(C(=O)[O-])C(CC(C)(C)C1C(=O)OC(=O)C1C)C(=O)[O-]. The minimum absolute atomic E-state index is 0.144. The normalized spacial score (nSPS) is 23.9. The first-order chi connectivity index (χ1) is 11.3. The maximum absolute atomic E-state index is 12.0. The molecule has 0 aromatic heterocycles. The molecule has 1 saturated heterocycles. The van der Waals surface area contributed by atoms with Crippen LogP contribution in [0.3, 0.4) is 0 Å². The van der Waals surface area contributed by atoms with Crippen molar-refractivity contribution in [2.24, 2.45) is 34.5 Å². The predicted molar refractivity (Wildman–Crippen MR) is 83.2 cm³/mol. The summed E-state index contributed by atoms with van der Waals surface area (Å²) in [6.45, 7) is 9.89. The van der Waals surface area contributed by atoms with Crippen molar-refractivity contribution in [2.75, 3.05) is 0 Å². The van der Waals surface area contributed by atoms with Crippen LogP contribution in [0.1, 0.15) is 54.4 Å². The van der Waals surface area contributed by atoms with Crippen LogP contribution in [0.4, 0.5) is 0 Å². The van der Waals surface area contributed by atoms with Crippen molar-refractivity contribution in [1.29, 1.82) is 0 Å². The molecule has 1 aliphatic heterocycles. The molecule has 1 heterocycles. The molecule has 0 saturated carbocycles. The summed E-state index contributed by atoms with van der Waals surface area (Å²) in [6.07, 6.45) is 0.283. The molecular formula is C18H26O7-2. The van der Waals surface area contributed by atoms with Crippen molar-refractivity contribution in [3.8, 4) is 0 Å². The lowest BCUT2D eigenvalue weighted by Gasteiger charge is -2.44. The van der Waals surface area contributed by atoms with Crippen LogP contribution in [0.25, 0.3) is 0 Å². The average molecular weight is 354 g/mol. The number of hydrogen-bond acceptors (Lipinski definition) is 7. The highest BCUT2D eigenvalue weighted by Gasteiger charge is 2.51. The Balaban J connectivity index is 3.23. The van der Waals surface area contributed by atoms with E-state index in [1.807, 2.05) is 0 Å². The first-order valence-corrected chi connectivity index (χ1v) is 8.43. The third kappa shape index (κ3) is 4.19. The number of esters is 2. The van der Waals surface area contributed by atoms with Gasteiger partial charge < -0.3 is 24.5 Å². The number of carbonyl (C=O) groups excluding carboxylic acids is 4. The first kappa shape index (κ1) is 21.1. The number of cyclic esters (lactones) is 2. The second-order valence-electron chi connectivity index (χ2n) is 8.26. The van der Waals surface area contributed by atoms with Gasteiger partial charge in [0.15, 0.2) is 0 Å². The lowest BCUT2D eigenvalue weighted by molar-refractivity contribution is -0.331. The molecule has 142 valence electrons. The summed E-state index contributed by atoms with van der Waals surface area (Å²) < 4.78 is 4.64. The molecule has 25 heavy (non-hydrogen) atoms. The lowest BCUT2D eigenvalue weighted by atomic mass is 9.62. The third-order valence-electron chi connectivity index (χ3n) is 5.63. The number of ether oxygens (including phenoxy) is 1. The van der Waals surface area contributed by atoms with Gasteiger partial charge in [0, 0.05) is 23.8 Å². The average Bonchev–Trinajstić information content (AvgIpc) is 2.70. The fourth-order valence-corrected chi connectivity index (χ4v) is 3.87. The Morgan fingerprint density at radius 3 is 1.92 bits per heavy atom. The van der Waals surface area contributed by atoms with E-state index in [1.165, 1.54) is 0 Å². The topological polar surface area (TPSA) is 124 Å². The number of carbonyl (C=O) groups is 4. The van der Waals surface area contributed by atoms with E-state index in [0.29, 0.717) is 6.42 Å². The molecule has 1 fully saturated rings. The summed E-state index contributed by atoms with van der Waals surface area (Å²) >= 11 is 0. The molecule has 7 heteroatoms. The number of hydrogen-bond donors (Lipinski definition) is 0. The molecule has 1 rings (SSSR count). The Labute approximate surface area is 147 Å². The molecule has 7 nitrogen and oxygen atoms in total. The molecule has 0 radical (unpaired) electrons. The zero-order valence-corrected chi connectivity index (χ0v) is 15.6. The van der Waals surface area contributed by atoms with Crippen molar-refractivity contribution >= 4 is 23.9 Å². The van der Waals surface area contributed by atoms with E-state index < -0.39 is 58.4 Å². The van der Waals surface area contributed by atoms with Gasteiger partial charge in [0.1, 0.15) is 0 Å². The van der Waals surface area contributed by atoms with E-state index in [9.17, 15) is 29.4 Å². The summed E-state index contributed by atoms with van der Waals surface area (Å²) in [5.41, 5.74) is -1.80. The summed E-state index contributed by atoms with van der Waals surface area (Å²) in [5.74, 6) is -8.53. The third-order valence-corrected chi connectivity index (χ3v) is 5.63. The fraction of sp³-hybridized carbons (Fsp3) is 0.778. The molecular weight excluding hydrogens is 328 g/mol. The minimum atomic E-state index is -1.51. The Morgan fingerprint density at radius 2 is 1.60 bits per heavy atom. The number of rotatable bonds is 8. The van der Waals surface area contributed by atoms with Gasteiger partial charge in [-0.15, -0.1) is 0 Å². The molecule has 4 atom stereocenters. The second-order valence-corrected chi connectivity index (χ2v) is 8.26. The maximum Gasteiger partial charge on any atom is 0.318 e. The highest BCUT2D eigenvalue weighted by Crippen LogP contribution is 2.46. The number of aliphatic carboxylic acids is 2. The van der Waals surface area contributed by atoms with Crippen molar-refractivity contribution in [3.05, 3.63) is 0 Å². The quantitative estimate of drug-likeness (QED) is 0.440. The molecule has 4 unspecified atom stereocenters. The van der Waals surface area contributed by atoms with Gasteiger partial charge in [0.25, 0.3) is 0 Å². The Kier molecular flexibility index (Phi) is 6.03. The van der Waals surface area contributed by atoms with Gasteiger partial charge in [-0.25, -0.2) is 0 Å². The first-order valence-electron chi connectivity index (χ1n) is 8.43. The molecule has 0 amide bonds. The Morgan fingerprint density at radius 1 is 1.08 bits per heavy atom. The molecule has 0 aromatic rings. The summed E-state index contributed by atoms with van der Waals surface area (Å²) in [7, 11) is 0. The van der Waals surface area contributed by atoms with Gasteiger partial charge in [0.2, 0.25) is 0 Å². The van der Waals surface area contributed by atoms with Gasteiger partial charge in [-0.05, 0) is 17.3 Å². The molecule has 0 aromatic carbocycles. The van der Waals surface area contributed by atoms with Crippen molar-refractivity contribution in [3.63, 3.8) is 0 Å². The Hall–Kier alpha value is -1.92. The van der Waals surface area contributed by atoms with Crippen LogP contribution in [0.5, 0.6) is 0 Å². The maximum atomic E-state index is 12.0. The monoisotopic (exact) mass is 354 g/mol. The molecule has 1 aliphatic rings. The predicted octanol–water partition coefficient (Wildman–Crippen LogP) is -0.0932. The summed E-state index contributed by atoms with van der Waals surface area (Å²) in [4.78, 5) is 47.1. The standard InChI is InChI=1S/C18H28O7/c1-7-17(3,4)12(14(21)22)10(13(19)20)8-18(5,6)11-9(2)15(23)25-16(11)24/h9-12H,7-8H2,1-6H3,(H,19,20)(H,21,22)/p-2. The van der Waals surface area contributed by atoms with Crippen LogP contribution in [-0.4, -0.2) is 23.9 Å². The van der Waals surface area contributed by atoms with Crippen LogP contribution in [0.2, 0.25) is 0 Å². The van der Waals surface area contributed by atoms with Crippen LogP contribution >= 0.6 is 0 Å². The van der Waals surface area contributed by atoms with Crippen LogP contribution in [-0.2, 0) is 23.9 Å². The largest absolute Gasteiger partial charge is 0.550 e. The minimum Gasteiger partial charge on any atom is -0.550 e. The smallest absolute Gasteiger partial charge is 0.318 e. The zero-order chi connectivity index (χ0) is 19.7. The second kappa shape index (κ2) is 7.14. The molecule has 0 bridgehead atoms. The summed E-state index contributed by atoms with van der Waals surface area (Å²) in [6, 6.07) is 0. The lowest BCUT2D eigenvalue weighted by Crippen LogP contribution is -2.52. The van der Waals surface area contributed by atoms with Gasteiger partial charge in [-0.2, -0.15) is 0 Å². The molecule has 0 aliphatic carbocycles. The number of carboxylic acids is 2. The molecule has 0 N–H and O–H groups in total. The van der Waals surface area contributed by atoms with E-state index >= 15 is 0 Å². The van der Waals surface area contributed by atoms with Gasteiger partial charge in [-0.1, -0.05) is 48.0 Å². The summed E-state index contributed by atoms with van der Waals surface area (Å²) in [5, 5.41) is 23.4. The van der Waals surface area contributed by atoms with E-state index in [2.05, 4.69) is 4.74 Å². The van der Waals surface area contributed by atoms with Crippen molar-refractivity contribution in [2.45, 2.75) is 54.4 Å². The van der Waals surface area contributed by atoms with E-state index in [4.69, 9.17) is 0 Å². The van der Waals surface area contributed by atoms with E-state index in [1.54, 1.807) is 41.5 Å². The van der Waals surface area contributed by atoms with Crippen LogP contribution in [0, 0.1) is 34.5 Å². The molecule has 0 spiro atoms. The van der Waals surface area contributed by atoms with E-state index in [0.717, 1.165) is 0 Å². The van der Waals surface area contributed by atoms with E-state index in [-0.39, 0.29) is 6.42 Å².